The first-order valence-electron chi connectivity index (χ1n) is 9.87. The maximum atomic E-state index is 14.9. The molecule has 1 unspecified atom stereocenters. The van der Waals surface area contributed by atoms with E-state index in [1.165, 1.54) is 19.1 Å². The van der Waals surface area contributed by atoms with Gasteiger partial charge in [0.15, 0.2) is 16.0 Å². The fourth-order valence-corrected chi connectivity index (χ4v) is 4.21. The van der Waals surface area contributed by atoms with E-state index in [0.29, 0.717) is 0 Å². The molecule has 0 heterocycles. The maximum absolute atomic E-state index is 14.9. The first kappa shape index (κ1) is 27.1. The molecule has 0 fully saturated rings. The fourth-order valence-electron chi connectivity index (χ4n) is 3.69. The van der Waals surface area contributed by atoms with Gasteiger partial charge in [0.1, 0.15) is 0 Å². The van der Waals surface area contributed by atoms with Crippen molar-refractivity contribution in [2.45, 2.75) is 24.0 Å². The number of alkyl halides is 2. The first-order valence-corrected chi connectivity index (χ1v) is 11.3. The molecule has 0 aliphatic carbocycles. The minimum atomic E-state index is -6.17. The van der Waals surface area contributed by atoms with Crippen LogP contribution in [0.1, 0.15) is 41.0 Å². The number of ether oxygens (including phenoxy) is 1. The summed E-state index contributed by atoms with van der Waals surface area (Å²) in [4.78, 5) is 12.6. The number of benzene rings is 3. The van der Waals surface area contributed by atoms with Crippen LogP contribution >= 0.6 is 0 Å². The van der Waals surface area contributed by atoms with E-state index in [2.05, 4.69) is 0 Å². The normalized spacial score (nSPS) is 12.6. The average Bonchev–Trinajstić information content (AvgIpc) is 2.76. The standard InChI is InChI=1S/C24H22F2O5S.Na/c1-2-31-23(27)22(24(25,26)32(28,29)30)20-16-10-9-15-19(20)21(17-11-5-3-6-12-17)18-13-7-4-8-14-18;/h3-16,21-22H,2H2,1H3,(H,28,29,30);/q;+1/p-1. The van der Waals surface area contributed by atoms with Crippen LogP contribution in [-0.4, -0.2) is 30.8 Å². The smallest absolute Gasteiger partial charge is 0.743 e. The molecule has 33 heavy (non-hydrogen) atoms. The van der Waals surface area contributed by atoms with Crippen LogP contribution in [0.2, 0.25) is 0 Å². The second-order valence-electron chi connectivity index (χ2n) is 7.08. The summed E-state index contributed by atoms with van der Waals surface area (Å²) < 4.78 is 69.0. The molecule has 168 valence electrons. The molecule has 0 aliphatic heterocycles. The summed E-state index contributed by atoms with van der Waals surface area (Å²) in [5.74, 6) is -4.70. The minimum absolute atomic E-state index is 0. The predicted molar refractivity (Wildman–Crippen MR) is 114 cm³/mol. The van der Waals surface area contributed by atoms with Crippen molar-refractivity contribution >= 4 is 16.1 Å². The van der Waals surface area contributed by atoms with Crippen molar-refractivity contribution in [3.63, 3.8) is 0 Å². The molecule has 3 aromatic carbocycles. The third kappa shape index (κ3) is 5.88. The summed E-state index contributed by atoms with van der Waals surface area (Å²) in [5, 5.41) is -4.91. The van der Waals surface area contributed by atoms with Gasteiger partial charge in [0.2, 0.25) is 0 Å². The molecule has 1 atom stereocenters. The topological polar surface area (TPSA) is 83.5 Å². The summed E-state index contributed by atoms with van der Waals surface area (Å²) in [6.45, 7) is 1.15. The Morgan fingerprint density at radius 3 is 1.73 bits per heavy atom. The second kappa shape index (κ2) is 11.4. The number of esters is 1. The number of hydrogen-bond donors (Lipinski definition) is 0. The fraction of sp³-hybridized carbons (Fsp3) is 0.208. The maximum Gasteiger partial charge on any atom is 1.00 e. The van der Waals surface area contributed by atoms with E-state index < -0.39 is 33.2 Å². The van der Waals surface area contributed by atoms with E-state index in [0.717, 1.165) is 11.1 Å². The predicted octanol–water partition coefficient (Wildman–Crippen LogP) is 1.66. The molecule has 0 aliphatic rings. The van der Waals surface area contributed by atoms with Gasteiger partial charge >= 0.3 is 40.8 Å². The van der Waals surface area contributed by atoms with Gasteiger partial charge in [-0.2, -0.15) is 8.78 Å². The molecule has 3 rings (SSSR count). The van der Waals surface area contributed by atoms with Crippen LogP contribution in [0.25, 0.3) is 0 Å². The van der Waals surface area contributed by atoms with E-state index in [-0.39, 0.29) is 47.3 Å². The zero-order valence-corrected chi connectivity index (χ0v) is 21.0. The summed E-state index contributed by atoms with van der Waals surface area (Å²) >= 11 is 0. The van der Waals surface area contributed by atoms with E-state index in [1.54, 1.807) is 72.8 Å². The van der Waals surface area contributed by atoms with Crippen LogP contribution < -0.4 is 29.6 Å². The molecule has 0 bridgehead atoms. The Hall–Kier alpha value is -2.10. The van der Waals surface area contributed by atoms with Gasteiger partial charge in [0.25, 0.3) is 0 Å². The Bertz CT molecular complexity index is 1130. The SMILES string of the molecule is CCOC(=O)C(c1ccccc1C(c1ccccc1)c1ccccc1)C(F)(F)S(=O)(=O)[O-].[Na+]. The minimum Gasteiger partial charge on any atom is -0.743 e. The monoisotopic (exact) mass is 482 g/mol. The third-order valence-electron chi connectivity index (χ3n) is 5.08. The van der Waals surface area contributed by atoms with Crippen LogP contribution in [0.15, 0.2) is 84.9 Å². The van der Waals surface area contributed by atoms with E-state index in [1.807, 2.05) is 0 Å². The molecule has 9 heteroatoms. The van der Waals surface area contributed by atoms with Gasteiger partial charge in [0, 0.05) is 5.92 Å². The summed E-state index contributed by atoms with van der Waals surface area (Å²) in [6.07, 6.45) is 0. The molecule has 0 aromatic heterocycles. The van der Waals surface area contributed by atoms with Gasteiger partial charge in [0.05, 0.1) is 6.61 Å². The molecule has 0 spiro atoms. The molecule has 3 aromatic rings. The molecule has 5 nitrogen and oxygen atoms in total. The Labute approximate surface area is 213 Å². The van der Waals surface area contributed by atoms with Crippen molar-refractivity contribution in [1.29, 1.82) is 0 Å². The Morgan fingerprint density at radius 2 is 1.30 bits per heavy atom. The number of carbonyl (C=O) groups is 1. The molecular formula is C24H21F2NaO5S. The molecule has 0 N–H and O–H groups in total. The molecule has 0 radical (unpaired) electrons. The number of halogens is 2. The van der Waals surface area contributed by atoms with Crippen molar-refractivity contribution in [2.75, 3.05) is 6.61 Å². The zero-order chi connectivity index (χ0) is 23.4. The molecule has 0 amide bonds. The van der Waals surface area contributed by atoms with Crippen LogP contribution in [0, 0.1) is 0 Å². The summed E-state index contributed by atoms with van der Waals surface area (Å²) in [6, 6.07) is 23.7. The molecule has 0 saturated heterocycles. The molecular weight excluding hydrogens is 461 g/mol. The van der Waals surface area contributed by atoms with Crippen LogP contribution in [-0.2, 0) is 19.6 Å². The van der Waals surface area contributed by atoms with Gasteiger partial charge in [-0.3, -0.25) is 4.79 Å². The van der Waals surface area contributed by atoms with Gasteiger partial charge in [-0.25, -0.2) is 8.42 Å². The quantitative estimate of drug-likeness (QED) is 0.211. The van der Waals surface area contributed by atoms with Gasteiger partial charge in [-0.1, -0.05) is 84.9 Å². The second-order valence-corrected chi connectivity index (χ2v) is 8.54. The third-order valence-corrected chi connectivity index (χ3v) is 5.98. The largest absolute Gasteiger partial charge is 1.00 e. The number of hydrogen-bond acceptors (Lipinski definition) is 5. The van der Waals surface area contributed by atoms with Crippen LogP contribution in [0.4, 0.5) is 8.78 Å². The first-order chi connectivity index (χ1) is 15.2. The summed E-state index contributed by atoms with van der Waals surface area (Å²) in [7, 11) is -6.17. The molecule has 0 saturated carbocycles. The Balaban J connectivity index is 0.00000385. The number of carbonyl (C=O) groups excluding carboxylic acids is 1. The van der Waals surface area contributed by atoms with Crippen molar-refractivity contribution < 1.29 is 60.8 Å². The van der Waals surface area contributed by atoms with E-state index in [4.69, 9.17) is 4.74 Å². The Kier molecular flexibility index (Phi) is 9.34. The number of rotatable bonds is 8. The van der Waals surface area contributed by atoms with Gasteiger partial charge in [-0.15, -0.1) is 0 Å². The van der Waals surface area contributed by atoms with Crippen molar-refractivity contribution in [3.05, 3.63) is 107 Å². The Morgan fingerprint density at radius 1 is 0.879 bits per heavy atom. The van der Waals surface area contributed by atoms with Crippen LogP contribution in [0.3, 0.4) is 0 Å². The van der Waals surface area contributed by atoms with E-state index in [9.17, 15) is 26.5 Å². The van der Waals surface area contributed by atoms with Gasteiger partial charge < -0.3 is 9.29 Å². The van der Waals surface area contributed by atoms with Crippen molar-refractivity contribution in [2.24, 2.45) is 0 Å². The van der Waals surface area contributed by atoms with Crippen molar-refractivity contribution in [1.82, 2.24) is 0 Å². The average molecular weight is 482 g/mol. The van der Waals surface area contributed by atoms with Crippen LogP contribution in [0.5, 0.6) is 0 Å². The summed E-state index contributed by atoms with van der Waals surface area (Å²) in [5.41, 5.74) is 1.46. The van der Waals surface area contributed by atoms with E-state index >= 15 is 0 Å². The van der Waals surface area contributed by atoms with Crippen molar-refractivity contribution in [3.8, 4) is 0 Å². The zero-order valence-electron chi connectivity index (χ0n) is 18.2. The van der Waals surface area contributed by atoms with Gasteiger partial charge in [-0.05, 0) is 29.2 Å².